The molecule has 68 heavy (non-hydrogen) atoms. The molecule has 2 amide bonds. The van der Waals surface area contributed by atoms with E-state index < -0.39 is 23.4 Å². The number of amides is 2. The Bertz CT molecular complexity index is 2770. The molecule has 4 heterocycles. The van der Waals surface area contributed by atoms with E-state index in [0.717, 1.165) is 45.3 Å². The van der Waals surface area contributed by atoms with Crippen LogP contribution in [-0.2, 0) is 23.6 Å². The van der Waals surface area contributed by atoms with E-state index in [1.807, 2.05) is 59.7 Å². The van der Waals surface area contributed by atoms with Gasteiger partial charge in [0.1, 0.15) is 35.9 Å². The highest BCUT2D eigenvalue weighted by Gasteiger charge is 2.24. The molecule has 6 aromatic rings. The molecule has 364 valence electrons. The molecule has 2 aromatic carbocycles. The van der Waals surface area contributed by atoms with Crippen molar-refractivity contribution in [1.29, 1.82) is 0 Å². The first-order valence-electron chi connectivity index (χ1n) is 23.0. The van der Waals surface area contributed by atoms with Crippen molar-refractivity contribution in [2.75, 3.05) is 13.2 Å². The summed E-state index contributed by atoms with van der Waals surface area (Å²) < 4.78 is 26.2. The highest BCUT2D eigenvalue weighted by atomic mass is 16.6. The minimum atomic E-state index is -0.613. The van der Waals surface area contributed by atoms with Crippen LogP contribution in [0.5, 0.6) is 11.5 Å². The third-order valence-corrected chi connectivity index (χ3v) is 11.1. The number of pyridine rings is 4. The molecule has 15 heteroatoms. The Morgan fingerprint density at radius 3 is 1.40 bits per heavy atom. The van der Waals surface area contributed by atoms with Crippen LogP contribution in [0.15, 0.2) is 65.0 Å². The maximum Gasteiger partial charge on any atom is 0.407 e. The van der Waals surface area contributed by atoms with E-state index in [-0.39, 0.29) is 36.4 Å². The van der Waals surface area contributed by atoms with Gasteiger partial charge in [0.25, 0.3) is 11.1 Å². The maximum absolute atomic E-state index is 13.1. The lowest BCUT2D eigenvalue weighted by atomic mass is 10.0. The van der Waals surface area contributed by atoms with Crippen LogP contribution >= 0.6 is 0 Å². The van der Waals surface area contributed by atoms with Gasteiger partial charge in [0.2, 0.25) is 0 Å². The molecule has 2 atom stereocenters. The quantitative estimate of drug-likeness (QED) is 0.0784. The number of ether oxygens (including phenoxy) is 4. The predicted octanol–water partition coefficient (Wildman–Crippen LogP) is 9.88. The van der Waals surface area contributed by atoms with E-state index in [1.165, 1.54) is 0 Å². The zero-order chi connectivity index (χ0) is 50.4. The molecular formula is C53H68N6O9. The van der Waals surface area contributed by atoms with Gasteiger partial charge in [-0.05, 0) is 115 Å². The fraction of sp³-hybridized carbons (Fsp3) is 0.453. The number of carbonyl (C=O) groups excluding carboxylic acids is 3. The molecule has 4 aromatic heterocycles. The lowest BCUT2D eigenvalue weighted by molar-refractivity contribution is 0.0468. The Hall–Kier alpha value is -6.77. The first-order valence-corrected chi connectivity index (χ1v) is 23.0. The summed E-state index contributed by atoms with van der Waals surface area (Å²) >= 11 is 0. The lowest BCUT2D eigenvalue weighted by Crippen LogP contribution is -2.42. The fourth-order valence-corrected chi connectivity index (χ4v) is 8.14. The SMILES string of the molecule is C=Cc1cc2c3ccnc(C)c3c(=O)n(C)c2cc1OC[C@H](CC(C)C)NC(=O)OC(C)(C)C.Cc1nccc2c1c(=O)n(C)c1cc(OC[C@H](CC(C)C)NC(=O)OC(C)(C)C)c(C=O)cc21. The number of aromatic nitrogens is 4. The van der Waals surface area contributed by atoms with Crippen molar-refractivity contribution in [2.24, 2.45) is 25.9 Å². The van der Waals surface area contributed by atoms with Gasteiger partial charge in [-0.15, -0.1) is 0 Å². The van der Waals surface area contributed by atoms with E-state index >= 15 is 0 Å². The molecule has 15 nitrogen and oxygen atoms in total. The number of hydrogen-bond donors (Lipinski definition) is 2. The van der Waals surface area contributed by atoms with Gasteiger partial charge in [-0.1, -0.05) is 40.3 Å². The molecular weight excluding hydrogens is 865 g/mol. The van der Waals surface area contributed by atoms with Gasteiger partial charge in [0, 0.05) is 55.0 Å². The van der Waals surface area contributed by atoms with Crippen molar-refractivity contribution in [3.8, 4) is 11.5 Å². The molecule has 0 fully saturated rings. The predicted molar refractivity (Wildman–Crippen MR) is 270 cm³/mol. The van der Waals surface area contributed by atoms with Crippen molar-refractivity contribution in [3.63, 3.8) is 0 Å². The Balaban J connectivity index is 0.000000254. The summed E-state index contributed by atoms with van der Waals surface area (Å²) in [5.41, 5.74) is 2.44. The van der Waals surface area contributed by atoms with E-state index in [4.69, 9.17) is 18.9 Å². The monoisotopic (exact) mass is 933 g/mol. The minimum absolute atomic E-state index is 0.102. The summed E-state index contributed by atoms with van der Waals surface area (Å²) in [7, 11) is 3.44. The summed E-state index contributed by atoms with van der Waals surface area (Å²) in [5.74, 6) is 1.60. The summed E-state index contributed by atoms with van der Waals surface area (Å²) in [6.45, 7) is 27.2. The van der Waals surface area contributed by atoms with Crippen LogP contribution in [0.2, 0.25) is 0 Å². The van der Waals surface area contributed by atoms with Crippen LogP contribution < -0.4 is 31.2 Å². The third-order valence-electron chi connectivity index (χ3n) is 11.1. The number of rotatable bonds is 14. The number of nitrogens with one attached hydrogen (secondary N) is 2. The van der Waals surface area contributed by atoms with Crippen LogP contribution in [0.25, 0.3) is 49.4 Å². The summed E-state index contributed by atoms with van der Waals surface area (Å²) in [6, 6.07) is 10.4. The van der Waals surface area contributed by atoms with Crippen LogP contribution in [0.1, 0.15) is 109 Å². The number of alkyl carbamates (subject to hydrolysis) is 2. The zero-order valence-electron chi connectivity index (χ0n) is 42.1. The van der Waals surface area contributed by atoms with Crippen molar-refractivity contribution in [2.45, 2.75) is 119 Å². The standard InChI is InChI=1S/C27H35N3O4.C26H33N3O5/c1-9-18-13-21-20-10-11-28-17(4)24(20)25(31)30(8)22(21)14-23(18)33-15-19(12-16(2)3)29-26(32)34-27(5,6)7;1-15(2)10-18(28-25(32)34-26(4,5)6)14-33-22-12-21-20(11-17(22)13-30)19-8-9-27-16(3)23(19)24(31)29(21)7/h9-11,13-14,16,19H,1,12,15H2,2-8H3,(H,29,32);8-9,11-13,15,18H,10,14H2,1-7H3,(H,28,32)/t19-;18-/m00/s1. The number of fused-ring (bicyclic) bond motifs is 6. The average Bonchev–Trinajstić information content (AvgIpc) is 3.23. The maximum atomic E-state index is 13.1. The first kappa shape index (κ1) is 52.2. The zero-order valence-corrected chi connectivity index (χ0v) is 42.1. The molecule has 0 aliphatic carbocycles. The molecule has 0 aliphatic rings. The second-order valence-corrected chi connectivity index (χ2v) is 20.1. The number of benzene rings is 2. The van der Waals surface area contributed by atoms with E-state index in [2.05, 4.69) is 41.0 Å². The second-order valence-electron chi connectivity index (χ2n) is 20.1. The lowest BCUT2D eigenvalue weighted by Gasteiger charge is -2.25. The van der Waals surface area contributed by atoms with Crippen molar-refractivity contribution in [1.82, 2.24) is 29.7 Å². The second kappa shape index (κ2) is 21.5. The molecule has 0 unspecified atom stereocenters. The van der Waals surface area contributed by atoms with Gasteiger partial charge in [0.05, 0.1) is 50.8 Å². The average molecular weight is 933 g/mol. The molecule has 0 saturated heterocycles. The van der Waals surface area contributed by atoms with Gasteiger partial charge in [-0.25, -0.2) is 9.59 Å². The Labute approximate surface area is 398 Å². The fourth-order valence-electron chi connectivity index (χ4n) is 8.14. The van der Waals surface area contributed by atoms with E-state index in [9.17, 15) is 24.0 Å². The molecule has 0 saturated carbocycles. The van der Waals surface area contributed by atoms with E-state index in [1.54, 1.807) is 87.6 Å². The molecule has 6 rings (SSSR count). The largest absolute Gasteiger partial charge is 0.491 e. The summed E-state index contributed by atoms with van der Waals surface area (Å²) in [5, 5.41) is 10.2. The highest BCUT2D eigenvalue weighted by molar-refractivity contribution is 6.09. The van der Waals surface area contributed by atoms with Gasteiger partial charge in [-0.3, -0.25) is 24.4 Å². The van der Waals surface area contributed by atoms with Gasteiger partial charge in [0.15, 0.2) is 6.29 Å². The molecule has 0 spiro atoms. The van der Waals surface area contributed by atoms with Crippen molar-refractivity contribution >= 4 is 67.9 Å². The Morgan fingerprint density at radius 1 is 0.662 bits per heavy atom. The number of aryl methyl sites for hydroxylation is 4. The molecule has 0 aliphatic heterocycles. The van der Waals surface area contributed by atoms with Crippen LogP contribution in [0, 0.1) is 25.7 Å². The summed E-state index contributed by atoms with van der Waals surface area (Å²) in [6.07, 6.45) is 6.24. The Morgan fingerprint density at radius 2 is 1.04 bits per heavy atom. The van der Waals surface area contributed by atoms with Crippen LogP contribution in [0.3, 0.4) is 0 Å². The number of aldehydes is 1. The highest BCUT2D eigenvalue weighted by Crippen LogP contribution is 2.32. The van der Waals surface area contributed by atoms with Crippen LogP contribution in [0.4, 0.5) is 9.59 Å². The van der Waals surface area contributed by atoms with Crippen LogP contribution in [-0.4, -0.2) is 74.1 Å². The van der Waals surface area contributed by atoms with Crippen molar-refractivity contribution < 1.29 is 33.3 Å². The Kier molecular flexibility index (Phi) is 16.5. The smallest absolute Gasteiger partial charge is 0.407 e. The molecule has 0 bridgehead atoms. The van der Waals surface area contributed by atoms with Crippen molar-refractivity contribution in [3.05, 3.63) is 98.6 Å². The van der Waals surface area contributed by atoms with E-state index in [0.29, 0.717) is 63.0 Å². The molecule has 0 radical (unpaired) electrons. The third kappa shape index (κ3) is 12.8. The number of hydrogen-bond acceptors (Lipinski definition) is 11. The number of carbonyl (C=O) groups is 3. The van der Waals surface area contributed by atoms with Gasteiger partial charge >= 0.3 is 12.2 Å². The van der Waals surface area contributed by atoms with Gasteiger partial charge < -0.3 is 38.7 Å². The number of nitrogens with zero attached hydrogens (tertiary/aromatic N) is 4. The minimum Gasteiger partial charge on any atom is -0.491 e. The topological polar surface area (TPSA) is 182 Å². The normalized spacial score (nSPS) is 12.7. The molecule has 2 N–H and O–H groups in total. The summed E-state index contributed by atoms with van der Waals surface area (Å²) in [4.78, 5) is 71.2. The van der Waals surface area contributed by atoms with Gasteiger partial charge in [-0.2, -0.15) is 0 Å². The first-order chi connectivity index (χ1) is 31.8.